The largest absolute Gasteiger partial charge is 0.478 e. The van der Waals surface area contributed by atoms with Gasteiger partial charge in [0.25, 0.3) is 12.3 Å². The Kier molecular flexibility index (Phi) is 6.89. The molecule has 7 nitrogen and oxygen atoms in total. The Balaban J connectivity index is 1.96. The van der Waals surface area contributed by atoms with Gasteiger partial charge < -0.3 is 15.2 Å². The Bertz CT molecular complexity index is 1210. The molecule has 0 aliphatic rings. The number of aromatic carboxylic acids is 1. The van der Waals surface area contributed by atoms with E-state index in [1.165, 1.54) is 43.3 Å². The number of amides is 1. The van der Waals surface area contributed by atoms with Crippen LogP contribution in [0.2, 0.25) is 0 Å². The van der Waals surface area contributed by atoms with Crippen molar-refractivity contribution in [1.82, 2.24) is 15.1 Å². The molecule has 3 rings (SSSR count). The first-order chi connectivity index (χ1) is 15.9. The number of aryl methyl sites for hydroxylation is 1. The van der Waals surface area contributed by atoms with Gasteiger partial charge in [0.2, 0.25) is 5.88 Å². The highest BCUT2D eigenvalue weighted by molar-refractivity contribution is 5.98. The summed E-state index contributed by atoms with van der Waals surface area (Å²) in [6.45, 7) is 1.49. The van der Waals surface area contributed by atoms with E-state index in [1.807, 2.05) is 0 Å². The number of carboxylic acid groups (broad SMARTS) is 1. The average Bonchev–Trinajstić information content (AvgIpc) is 3.10. The van der Waals surface area contributed by atoms with Crippen molar-refractivity contribution in [2.24, 2.45) is 7.05 Å². The van der Waals surface area contributed by atoms with Crippen LogP contribution in [0.3, 0.4) is 0 Å². The van der Waals surface area contributed by atoms with Crippen LogP contribution in [0, 0.1) is 0 Å². The number of carboxylic acids is 1. The Morgan fingerprint density at radius 1 is 1.09 bits per heavy atom. The third kappa shape index (κ3) is 5.33. The molecule has 0 aliphatic heterocycles. The number of alkyl halides is 5. The van der Waals surface area contributed by atoms with Crippen LogP contribution in [0.25, 0.3) is 0 Å². The molecule has 1 heterocycles. The maximum absolute atomic E-state index is 13.6. The third-order valence-electron chi connectivity index (χ3n) is 4.82. The van der Waals surface area contributed by atoms with Gasteiger partial charge in [-0.25, -0.2) is 18.3 Å². The molecule has 3 aromatic rings. The molecule has 0 aliphatic carbocycles. The molecule has 0 radical (unpaired) electrons. The zero-order valence-corrected chi connectivity index (χ0v) is 17.7. The number of carbonyl (C=O) groups excluding carboxylic acids is 1. The highest BCUT2D eigenvalue weighted by Gasteiger charge is 2.42. The molecule has 2 aromatic carbocycles. The van der Waals surface area contributed by atoms with E-state index in [9.17, 15) is 31.5 Å². The monoisotopic (exact) mass is 483 g/mol. The summed E-state index contributed by atoms with van der Waals surface area (Å²) in [5.74, 6) is -3.13. The van der Waals surface area contributed by atoms with Crippen molar-refractivity contribution in [2.75, 3.05) is 0 Å². The van der Waals surface area contributed by atoms with Gasteiger partial charge in [-0.15, -0.1) is 0 Å². The Morgan fingerprint density at radius 2 is 1.74 bits per heavy atom. The summed E-state index contributed by atoms with van der Waals surface area (Å²) in [4.78, 5) is 23.9. The zero-order valence-electron chi connectivity index (χ0n) is 17.7. The summed E-state index contributed by atoms with van der Waals surface area (Å²) in [7, 11) is 1.12. The normalized spacial score (nSPS) is 12.5. The van der Waals surface area contributed by atoms with Crippen LogP contribution < -0.4 is 10.1 Å². The molecule has 34 heavy (non-hydrogen) atoms. The van der Waals surface area contributed by atoms with Crippen LogP contribution in [0.1, 0.15) is 56.9 Å². The molecular formula is C22H18F5N3O4. The lowest BCUT2D eigenvalue weighted by Crippen LogP contribution is -2.28. The van der Waals surface area contributed by atoms with Crippen LogP contribution in [-0.4, -0.2) is 26.8 Å². The Morgan fingerprint density at radius 3 is 2.29 bits per heavy atom. The first-order valence-electron chi connectivity index (χ1n) is 9.72. The molecule has 12 heteroatoms. The molecule has 1 atom stereocenters. The fraction of sp³-hybridized carbons (Fsp3) is 0.227. The third-order valence-corrected chi connectivity index (χ3v) is 4.82. The summed E-state index contributed by atoms with van der Waals surface area (Å²) in [5, 5.41) is 14.7. The van der Waals surface area contributed by atoms with E-state index in [2.05, 4.69) is 10.4 Å². The first-order valence-corrected chi connectivity index (χ1v) is 9.72. The number of rotatable bonds is 7. The van der Waals surface area contributed by atoms with Gasteiger partial charge in [-0.05, 0) is 36.8 Å². The minimum Gasteiger partial charge on any atom is -0.478 e. The lowest BCUT2D eigenvalue weighted by molar-refractivity contribution is -0.141. The molecule has 180 valence electrons. The van der Waals surface area contributed by atoms with Gasteiger partial charge in [-0.1, -0.05) is 24.3 Å². The standard InChI is InChI=1S/C22H18F5N3O4/c1-11(12-6-8-13(9-7-12)21(32)33)28-19(31)16-17(22(25,26)27)29-30(2)20(16)34-15-5-3-4-14(10-15)18(23)24/h3-11,18H,1-2H3,(H,28,31)(H,32,33)/t11-/m0/s1. The number of benzene rings is 2. The SMILES string of the molecule is C[C@H](NC(=O)c1c(C(F)(F)F)nn(C)c1Oc1cccc(C(F)F)c1)c1ccc(C(=O)O)cc1. The van der Waals surface area contributed by atoms with Gasteiger partial charge in [0.1, 0.15) is 11.3 Å². The van der Waals surface area contributed by atoms with Crippen LogP contribution in [0.15, 0.2) is 48.5 Å². The molecule has 2 N–H and O–H groups in total. The lowest BCUT2D eigenvalue weighted by Gasteiger charge is -2.16. The first kappa shape index (κ1) is 24.7. The number of carbonyl (C=O) groups is 2. The predicted molar refractivity (Wildman–Crippen MR) is 109 cm³/mol. The number of nitrogens with one attached hydrogen (secondary N) is 1. The highest BCUT2D eigenvalue weighted by Crippen LogP contribution is 2.37. The van der Waals surface area contributed by atoms with E-state index >= 15 is 0 Å². The van der Waals surface area contributed by atoms with Crippen molar-refractivity contribution in [1.29, 1.82) is 0 Å². The Labute approximate surface area is 189 Å². The average molecular weight is 483 g/mol. The van der Waals surface area contributed by atoms with Gasteiger partial charge in [0.05, 0.1) is 11.6 Å². The lowest BCUT2D eigenvalue weighted by atomic mass is 10.1. The molecule has 0 saturated heterocycles. The van der Waals surface area contributed by atoms with Gasteiger partial charge >= 0.3 is 12.1 Å². The van der Waals surface area contributed by atoms with Gasteiger partial charge in [-0.2, -0.15) is 18.3 Å². The predicted octanol–water partition coefficient (Wildman–Crippen LogP) is 5.36. The topological polar surface area (TPSA) is 93.5 Å². The molecular weight excluding hydrogens is 465 g/mol. The van der Waals surface area contributed by atoms with Crippen molar-refractivity contribution in [3.63, 3.8) is 0 Å². The number of nitrogens with zero attached hydrogens (tertiary/aromatic N) is 2. The second-order valence-electron chi connectivity index (χ2n) is 7.25. The van der Waals surface area contributed by atoms with Crippen molar-refractivity contribution in [2.45, 2.75) is 25.6 Å². The van der Waals surface area contributed by atoms with Crippen LogP contribution in [0.5, 0.6) is 11.6 Å². The van der Waals surface area contributed by atoms with E-state index in [-0.39, 0.29) is 11.3 Å². The second-order valence-corrected chi connectivity index (χ2v) is 7.25. The Hall–Kier alpha value is -3.96. The second kappa shape index (κ2) is 9.49. The molecule has 1 aromatic heterocycles. The van der Waals surface area contributed by atoms with E-state index in [1.54, 1.807) is 0 Å². The van der Waals surface area contributed by atoms with Crippen LogP contribution >= 0.6 is 0 Å². The minimum absolute atomic E-state index is 0.00407. The van der Waals surface area contributed by atoms with Crippen molar-refractivity contribution >= 4 is 11.9 Å². The molecule has 0 fully saturated rings. The number of hydrogen-bond donors (Lipinski definition) is 2. The molecule has 0 bridgehead atoms. The van der Waals surface area contributed by atoms with Crippen molar-refractivity contribution in [3.8, 4) is 11.6 Å². The van der Waals surface area contributed by atoms with E-state index in [0.717, 1.165) is 19.2 Å². The fourth-order valence-corrected chi connectivity index (χ4v) is 3.12. The van der Waals surface area contributed by atoms with E-state index < -0.39 is 53.2 Å². The molecule has 1 amide bonds. The number of aromatic nitrogens is 2. The number of ether oxygens (including phenoxy) is 1. The molecule has 0 saturated carbocycles. The van der Waals surface area contributed by atoms with E-state index in [4.69, 9.17) is 9.84 Å². The highest BCUT2D eigenvalue weighted by atomic mass is 19.4. The van der Waals surface area contributed by atoms with Crippen molar-refractivity contribution < 1.29 is 41.4 Å². The fourth-order valence-electron chi connectivity index (χ4n) is 3.12. The molecule has 0 spiro atoms. The number of halogens is 5. The smallest absolute Gasteiger partial charge is 0.436 e. The number of hydrogen-bond acceptors (Lipinski definition) is 4. The maximum Gasteiger partial charge on any atom is 0.436 e. The summed E-state index contributed by atoms with van der Waals surface area (Å²) in [5.41, 5.74) is -2.42. The van der Waals surface area contributed by atoms with E-state index in [0.29, 0.717) is 10.2 Å². The quantitative estimate of drug-likeness (QED) is 0.442. The summed E-state index contributed by atoms with van der Waals surface area (Å²) in [6.07, 6.45) is -7.85. The maximum atomic E-state index is 13.6. The zero-order chi connectivity index (χ0) is 25.2. The minimum atomic E-state index is -5.01. The van der Waals surface area contributed by atoms with Crippen LogP contribution in [-0.2, 0) is 13.2 Å². The van der Waals surface area contributed by atoms with Gasteiger partial charge in [-0.3, -0.25) is 4.79 Å². The van der Waals surface area contributed by atoms with Gasteiger partial charge in [0.15, 0.2) is 5.69 Å². The summed E-state index contributed by atoms with van der Waals surface area (Å²) in [6, 6.07) is 9.14. The van der Waals surface area contributed by atoms with Crippen molar-refractivity contribution in [3.05, 3.63) is 76.5 Å². The van der Waals surface area contributed by atoms with Gasteiger partial charge in [0, 0.05) is 12.6 Å². The summed E-state index contributed by atoms with van der Waals surface area (Å²) >= 11 is 0. The molecule has 0 unspecified atom stereocenters. The summed E-state index contributed by atoms with van der Waals surface area (Å²) < 4.78 is 72.9. The van der Waals surface area contributed by atoms with Crippen LogP contribution in [0.4, 0.5) is 22.0 Å².